The summed E-state index contributed by atoms with van der Waals surface area (Å²) >= 11 is 0. The van der Waals surface area contributed by atoms with Crippen molar-refractivity contribution in [3.05, 3.63) is 35.6 Å². The predicted molar refractivity (Wildman–Crippen MR) is 82.1 cm³/mol. The molecular formula is C17H21FN2O2. The highest BCUT2D eigenvalue weighted by Gasteiger charge is 2.33. The second-order valence-corrected chi connectivity index (χ2v) is 6.08. The third-order valence-electron chi connectivity index (χ3n) is 4.59. The van der Waals surface area contributed by atoms with Gasteiger partial charge in [-0.1, -0.05) is 36.6 Å². The lowest BCUT2D eigenvalue weighted by Gasteiger charge is -2.32. The van der Waals surface area contributed by atoms with Crippen LogP contribution in [0.2, 0.25) is 0 Å². The number of likely N-dealkylation sites (N-methyl/N-ethyl adjacent to an activating group) is 1. The molecule has 1 saturated carbocycles. The van der Waals surface area contributed by atoms with Crippen molar-refractivity contribution >= 4 is 11.6 Å². The molecule has 1 fully saturated rings. The van der Waals surface area contributed by atoms with E-state index in [1.807, 2.05) is 11.9 Å². The predicted octanol–water partition coefficient (Wildman–Crippen LogP) is 3.11. The molecule has 5 heteroatoms. The fourth-order valence-corrected chi connectivity index (χ4v) is 3.20. The van der Waals surface area contributed by atoms with Crippen molar-refractivity contribution in [2.75, 3.05) is 7.05 Å². The van der Waals surface area contributed by atoms with Crippen molar-refractivity contribution in [1.29, 1.82) is 0 Å². The molecule has 3 rings (SSSR count). The summed E-state index contributed by atoms with van der Waals surface area (Å²) in [6, 6.07) is 6.42. The Bertz CT molecular complexity index is 565. The maximum Gasteiger partial charge on any atom is 0.266 e. The van der Waals surface area contributed by atoms with Crippen LogP contribution in [0.25, 0.3) is 0 Å². The van der Waals surface area contributed by atoms with Crippen LogP contribution in [-0.4, -0.2) is 35.7 Å². The molecule has 1 aliphatic carbocycles. The number of hydrogen-bond donors (Lipinski definition) is 0. The summed E-state index contributed by atoms with van der Waals surface area (Å²) in [5.74, 6) is -0.291. The van der Waals surface area contributed by atoms with Crippen molar-refractivity contribution in [2.45, 2.75) is 50.7 Å². The van der Waals surface area contributed by atoms with E-state index in [2.05, 4.69) is 5.16 Å². The minimum absolute atomic E-state index is 0.00670. The van der Waals surface area contributed by atoms with Gasteiger partial charge < -0.3 is 9.74 Å². The highest BCUT2D eigenvalue weighted by molar-refractivity contribution is 6.04. The van der Waals surface area contributed by atoms with Gasteiger partial charge in [-0.2, -0.15) is 0 Å². The number of halogens is 1. The molecule has 4 nitrogen and oxygen atoms in total. The molecule has 118 valence electrons. The quantitative estimate of drug-likeness (QED) is 0.861. The van der Waals surface area contributed by atoms with Crippen molar-refractivity contribution in [1.82, 2.24) is 4.90 Å². The first-order valence-electron chi connectivity index (χ1n) is 7.90. The third-order valence-corrected chi connectivity index (χ3v) is 4.59. The van der Waals surface area contributed by atoms with Gasteiger partial charge >= 0.3 is 0 Å². The lowest BCUT2D eigenvalue weighted by Crippen LogP contribution is -2.43. The third kappa shape index (κ3) is 3.13. The molecule has 1 aromatic rings. The van der Waals surface area contributed by atoms with E-state index >= 15 is 0 Å². The van der Waals surface area contributed by atoms with Crippen molar-refractivity contribution in [3.8, 4) is 0 Å². The van der Waals surface area contributed by atoms with Gasteiger partial charge in [0.05, 0.1) is 5.71 Å². The minimum Gasteiger partial charge on any atom is -0.382 e. The number of nitrogens with zero attached hydrogens (tertiary/aromatic N) is 2. The highest BCUT2D eigenvalue weighted by Crippen LogP contribution is 2.24. The molecule has 0 unspecified atom stereocenters. The van der Waals surface area contributed by atoms with Crippen molar-refractivity contribution in [2.24, 2.45) is 5.16 Å². The normalized spacial score (nSPS) is 22.1. The zero-order valence-electron chi connectivity index (χ0n) is 12.8. The fraction of sp³-hybridized carbons (Fsp3) is 0.529. The Morgan fingerprint density at radius 1 is 1.23 bits per heavy atom. The molecule has 22 heavy (non-hydrogen) atoms. The minimum atomic E-state index is -0.549. The molecule has 0 saturated heterocycles. The van der Waals surface area contributed by atoms with Crippen molar-refractivity contribution < 1.29 is 14.0 Å². The SMILES string of the molecule is CN(C(=O)[C@@H]1CC(c2ccc(F)cc2)=NO1)C1CCCCC1. The summed E-state index contributed by atoms with van der Waals surface area (Å²) in [4.78, 5) is 19.7. The lowest BCUT2D eigenvalue weighted by molar-refractivity contribution is -0.143. The number of rotatable bonds is 3. The Labute approximate surface area is 129 Å². The second-order valence-electron chi connectivity index (χ2n) is 6.08. The Kier molecular flexibility index (Phi) is 4.41. The molecule has 0 aromatic heterocycles. The topological polar surface area (TPSA) is 41.9 Å². The Hall–Kier alpha value is -1.91. The summed E-state index contributed by atoms with van der Waals surface area (Å²) < 4.78 is 13.0. The highest BCUT2D eigenvalue weighted by atomic mass is 19.1. The number of hydrogen-bond acceptors (Lipinski definition) is 3. The molecule has 0 N–H and O–H groups in total. The number of oxime groups is 1. The molecule has 0 bridgehead atoms. The van der Waals surface area contributed by atoms with Gasteiger partial charge in [-0.15, -0.1) is 0 Å². The molecule has 0 spiro atoms. The number of carbonyl (C=O) groups is 1. The first kappa shape index (κ1) is 15.0. The maximum atomic E-state index is 13.0. The zero-order valence-corrected chi connectivity index (χ0v) is 12.8. The van der Waals surface area contributed by atoms with Crippen LogP contribution in [0.4, 0.5) is 4.39 Å². The molecule has 1 heterocycles. The van der Waals surface area contributed by atoms with E-state index in [0.29, 0.717) is 18.2 Å². The summed E-state index contributed by atoms with van der Waals surface area (Å²) in [7, 11) is 1.86. The molecule has 2 aliphatic rings. The standard InChI is InChI=1S/C17H21FN2O2/c1-20(14-5-3-2-4-6-14)17(21)16-11-15(19-22-16)12-7-9-13(18)10-8-12/h7-10,14,16H,2-6,11H2,1H3/t16-/m0/s1. The van der Waals surface area contributed by atoms with Gasteiger partial charge in [0, 0.05) is 19.5 Å². The lowest BCUT2D eigenvalue weighted by atomic mass is 9.94. The van der Waals surface area contributed by atoms with Gasteiger partial charge in [0.1, 0.15) is 5.82 Å². The monoisotopic (exact) mass is 304 g/mol. The summed E-state index contributed by atoms with van der Waals surface area (Å²) in [6.07, 6.45) is 5.67. The van der Waals surface area contributed by atoms with Crippen molar-refractivity contribution in [3.63, 3.8) is 0 Å². The second kappa shape index (κ2) is 6.46. The van der Waals surface area contributed by atoms with E-state index in [0.717, 1.165) is 18.4 Å². The van der Waals surface area contributed by atoms with Crippen LogP contribution >= 0.6 is 0 Å². The molecule has 1 amide bonds. The number of amides is 1. The van der Waals surface area contributed by atoms with E-state index in [1.165, 1.54) is 31.4 Å². The molecule has 1 atom stereocenters. The summed E-state index contributed by atoms with van der Waals surface area (Å²) in [6.45, 7) is 0. The van der Waals surface area contributed by atoms with Gasteiger partial charge in [-0.25, -0.2) is 4.39 Å². The Balaban J connectivity index is 1.60. The van der Waals surface area contributed by atoms with Crippen LogP contribution in [0, 0.1) is 5.82 Å². The van der Waals surface area contributed by atoms with E-state index in [-0.39, 0.29) is 11.7 Å². The van der Waals surface area contributed by atoms with E-state index in [1.54, 1.807) is 12.1 Å². The van der Waals surface area contributed by atoms with Crippen LogP contribution < -0.4 is 0 Å². The maximum absolute atomic E-state index is 13.0. The van der Waals surface area contributed by atoms with Gasteiger partial charge in [0.25, 0.3) is 5.91 Å². The van der Waals surface area contributed by atoms with Gasteiger partial charge in [-0.3, -0.25) is 4.79 Å². The summed E-state index contributed by atoms with van der Waals surface area (Å²) in [5, 5.41) is 4.01. The Morgan fingerprint density at radius 3 is 2.59 bits per heavy atom. The molecule has 0 radical (unpaired) electrons. The number of carbonyl (C=O) groups excluding carboxylic acids is 1. The smallest absolute Gasteiger partial charge is 0.266 e. The average molecular weight is 304 g/mol. The zero-order chi connectivity index (χ0) is 15.5. The molecule has 1 aliphatic heterocycles. The molecular weight excluding hydrogens is 283 g/mol. The van der Waals surface area contributed by atoms with Crippen LogP contribution in [0.1, 0.15) is 44.1 Å². The van der Waals surface area contributed by atoms with Gasteiger partial charge in [0.2, 0.25) is 6.10 Å². The first-order valence-corrected chi connectivity index (χ1v) is 7.90. The molecule has 1 aromatic carbocycles. The Morgan fingerprint density at radius 2 is 1.91 bits per heavy atom. The summed E-state index contributed by atoms with van der Waals surface area (Å²) in [5.41, 5.74) is 1.51. The van der Waals surface area contributed by atoms with E-state index < -0.39 is 6.10 Å². The van der Waals surface area contributed by atoms with Crippen LogP contribution in [0.3, 0.4) is 0 Å². The van der Waals surface area contributed by atoms with Crippen LogP contribution in [0.5, 0.6) is 0 Å². The first-order chi connectivity index (χ1) is 10.6. The van der Waals surface area contributed by atoms with Crippen LogP contribution in [0.15, 0.2) is 29.4 Å². The van der Waals surface area contributed by atoms with Crippen LogP contribution in [-0.2, 0) is 9.63 Å². The van der Waals surface area contributed by atoms with E-state index in [4.69, 9.17) is 4.84 Å². The van der Waals surface area contributed by atoms with E-state index in [9.17, 15) is 9.18 Å². The largest absolute Gasteiger partial charge is 0.382 e. The number of benzene rings is 1. The van der Waals surface area contributed by atoms with Gasteiger partial charge in [0.15, 0.2) is 0 Å². The van der Waals surface area contributed by atoms with Gasteiger partial charge in [-0.05, 0) is 30.5 Å². The fourth-order valence-electron chi connectivity index (χ4n) is 3.20. The average Bonchev–Trinajstić information content (AvgIpc) is 3.05.